The zero-order valence-electron chi connectivity index (χ0n) is 14.0. The van der Waals surface area contributed by atoms with Gasteiger partial charge >= 0.3 is 17.3 Å². The van der Waals surface area contributed by atoms with E-state index in [4.69, 9.17) is 20.9 Å². The van der Waals surface area contributed by atoms with Crippen molar-refractivity contribution < 1.29 is 17.7 Å². The van der Waals surface area contributed by atoms with Crippen LogP contribution in [0.3, 0.4) is 0 Å². The van der Waals surface area contributed by atoms with Gasteiger partial charge in [-0.1, -0.05) is 11.6 Å². The van der Waals surface area contributed by atoms with Crippen molar-refractivity contribution in [1.82, 2.24) is 9.29 Å². The van der Waals surface area contributed by atoms with Crippen molar-refractivity contribution in [3.05, 3.63) is 17.4 Å². The van der Waals surface area contributed by atoms with E-state index < -0.39 is 28.5 Å². The summed E-state index contributed by atoms with van der Waals surface area (Å²) in [6.45, 7) is 7.75. The summed E-state index contributed by atoms with van der Waals surface area (Å²) >= 11 is 5.99. The minimum Gasteiger partial charge on any atom is -0.399 e. The number of anilines is 1. The summed E-state index contributed by atoms with van der Waals surface area (Å²) in [5.74, 6) is 0. The van der Waals surface area contributed by atoms with Gasteiger partial charge in [0.1, 0.15) is 0 Å². The Morgan fingerprint density at radius 2 is 1.74 bits per heavy atom. The smallest absolute Gasteiger partial charge is 0.399 e. The predicted molar refractivity (Wildman–Crippen MR) is 91.2 cm³/mol. The van der Waals surface area contributed by atoms with Gasteiger partial charge in [0.15, 0.2) is 5.15 Å². The summed E-state index contributed by atoms with van der Waals surface area (Å²) in [6, 6.07) is 1.57. The lowest BCUT2D eigenvalue weighted by molar-refractivity contribution is 0.00578. The van der Waals surface area contributed by atoms with Crippen molar-refractivity contribution in [3.63, 3.8) is 0 Å². The molecule has 23 heavy (non-hydrogen) atoms. The van der Waals surface area contributed by atoms with Crippen molar-refractivity contribution in [1.29, 1.82) is 0 Å². The second-order valence-electron chi connectivity index (χ2n) is 6.58. The van der Waals surface area contributed by atoms with Crippen molar-refractivity contribution >= 4 is 40.1 Å². The van der Waals surface area contributed by atoms with Crippen LogP contribution in [0.1, 0.15) is 27.7 Å². The van der Waals surface area contributed by atoms with E-state index >= 15 is 0 Å². The van der Waals surface area contributed by atoms with Gasteiger partial charge in [-0.15, -0.1) is 0 Å². The third-order valence-electron chi connectivity index (χ3n) is 4.11. The van der Waals surface area contributed by atoms with E-state index in [1.807, 2.05) is 27.7 Å². The molecule has 1 fully saturated rings. The van der Waals surface area contributed by atoms with Crippen molar-refractivity contribution in [2.24, 2.45) is 0 Å². The van der Waals surface area contributed by atoms with Crippen molar-refractivity contribution in [2.45, 2.75) is 38.9 Å². The molecule has 1 aromatic heterocycles. The molecule has 128 valence electrons. The quantitative estimate of drug-likeness (QED) is 0.645. The van der Waals surface area contributed by atoms with Gasteiger partial charge in [0.05, 0.1) is 16.9 Å². The molecule has 0 radical (unpaired) electrons. The summed E-state index contributed by atoms with van der Waals surface area (Å²) in [4.78, 5) is 4.02. The summed E-state index contributed by atoms with van der Waals surface area (Å²) in [5.41, 5.74) is -0.238. The van der Waals surface area contributed by atoms with Gasteiger partial charge in [-0.2, -0.15) is 12.7 Å². The minimum absolute atomic E-state index is 0.0516. The highest BCUT2D eigenvalue weighted by Crippen LogP contribution is 2.36. The summed E-state index contributed by atoms with van der Waals surface area (Å²) < 4.78 is 39.2. The van der Waals surface area contributed by atoms with Gasteiger partial charge in [-0.25, -0.2) is 4.98 Å². The molecule has 0 unspecified atom stereocenters. The topological polar surface area (TPSA) is 80.8 Å². The van der Waals surface area contributed by atoms with Crippen LogP contribution in [-0.2, 0) is 19.5 Å². The fraction of sp³-hybridized carbons (Fsp3) is 0.615. The zero-order chi connectivity index (χ0) is 17.6. The number of hydrogen-bond acceptors (Lipinski definition) is 5. The average molecular weight is 362 g/mol. The lowest BCUT2D eigenvalue weighted by atomic mass is 9.80. The fourth-order valence-electron chi connectivity index (χ4n) is 1.87. The maximum Gasteiger partial charge on any atom is 0.496 e. The highest BCUT2D eigenvalue weighted by Gasteiger charge is 2.51. The average Bonchev–Trinajstić information content (AvgIpc) is 2.60. The third kappa shape index (κ3) is 3.64. The molecule has 0 aromatic carbocycles. The Kier molecular flexibility index (Phi) is 4.73. The van der Waals surface area contributed by atoms with Gasteiger partial charge in [-0.3, -0.25) is 4.72 Å². The first-order valence-corrected chi connectivity index (χ1v) is 8.89. The van der Waals surface area contributed by atoms with Crippen LogP contribution in [0.2, 0.25) is 5.15 Å². The molecule has 2 heterocycles. The van der Waals surface area contributed by atoms with E-state index in [2.05, 4.69) is 9.71 Å². The van der Waals surface area contributed by atoms with Crippen molar-refractivity contribution in [3.8, 4) is 0 Å². The molecule has 10 heteroatoms. The first-order valence-electron chi connectivity index (χ1n) is 7.07. The first-order chi connectivity index (χ1) is 10.4. The van der Waals surface area contributed by atoms with E-state index in [0.717, 1.165) is 4.31 Å². The highest BCUT2D eigenvalue weighted by atomic mass is 35.5. The van der Waals surface area contributed by atoms with E-state index in [1.54, 1.807) is 6.07 Å². The minimum atomic E-state index is -3.68. The molecule has 1 aromatic rings. The van der Waals surface area contributed by atoms with Crippen LogP contribution in [0.4, 0.5) is 5.69 Å². The van der Waals surface area contributed by atoms with E-state index in [0.29, 0.717) is 5.46 Å². The summed E-state index contributed by atoms with van der Waals surface area (Å²) in [5, 5.41) is 0.0516. The molecule has 0 bridgehead atoms. The summed E-state index contributed by atoms with van der Waals surface area (Å²) in [7, 11) is -1.49. The predicted octanol–water partition coefficient (Wildman–Crippen LogP) is 1.25. The Morgan fingerprint density at radius 3 is 2.22 bits per heavy atom. The molecule has 1 aliphatic rings. The largest absolute Gasteiger partial charge is 0.496 e. The Balaban J connectivity index is 2.32. The number of nitrogens with one attached hydrogen (secondary N) is 1. The molecule has 7 nitrogen and oxygen atoms in total. The Labute approximate surface area is 142 Å². The second-order valence-corrected chi connectivity index (χ2v) is 8.83. The van der Waals surface area contributed by atoms with Crippen LogP contribution in [0.25, 0.3) is 0 Å². The molecule has 0 spiro atoms. The van der Waals surface area contributed by atoms with Crippen molar-refractivity contribution in [2.75, 3.05) is 18.8 Å². The standard InChI is InChI=1S/C13H21BClN3O4S/c1-12(2)13(3,4)22-14(21-12)9-7-10(11(15)16-8-9)17-23(19,20)18(5)6/h7-8,17H,1-6H3. The van der Waals surface area contributed by atoms with E-state index in [1.165, 1.54) is 20.3 Å². The van der Waals surface area contributed by atoms with Gasteiger partial charge in [-0.05, 0) is 33.8 Å². The van der Waals surface area contributed by atoms with E-state index in [9.17, 15) is 8.42 Å². The van der Waals surface area contributed by atoms with Crippen LogP contribution < -0.4 is 10.2 Å². The number of halogens is 1. The number of pyridine rings is 1. The molecule has 1 N–H and O–H groups in total. The maximum absolute atomic E-state index is 12.0. The van der Waals surface area contributed by atoms with Crippen LogP contribution in [-0.4, -0.2) is 50.1 Å². The molecule has 0 saturated carbocycles. The normalized spacial score (nSPS) is 20.1. The highest BCUT2D eigenvalue weighted by molar-refractivity contribution is 7.90. The third-order valence-corrected chi connectivity index (χ3v) is 5.85. The maximum atomic E-state index is 12.0. The number of nitrogens with zero attached hydrogens (tertiary/aromatic N) is 2. The second kappa shape index (κ2) is 5.89. The summed E-state index contributed by atoms with van der Waals surface area (Å²) in [6.07, 6.45) is 1.51. The Hall–Kier alpha value is -0.865. The van der Waals surface area contributed by atoms with Crippen LogP contribution >= 0.6 is 11.6 Å². The molecular formula is C13H21BClN3O4S. The lowest BCUT2D eigenvalue weighted by Gasteiger charge is -2.32. The van der Waals surface area contributed by atoms with E-state index in [-0.39, 0.29) is 10.8 Å². The molecule has 1 saturated heterocycles. The molecule has 0 amide bonds. The molecule has 1 aliphatic heterocycles. The fourth-order valence-corrected chi connectivity index (χ4v) is 2.70. The van der Waals surface area contributed by atoms with Crippen LogP contribution in [0.15, 0.2) is 12.3 Å². The van der Waals surface area contributed by atoms with Gasteiger partial charge < -0.3 is 9.31 Å². The van der Waals surface area contributed by atoms with Gasteiger partial charge in [0.25, 0.3) is 0 Å². The monoisotopic (exact) mass is 361 g/mol. The SMILES string of the molecule is CN(C)S(=O)(=O)Nc1cc(B2OC(C)(C)C(C)(C)O2)cnc1Cl. The Bertz CT molecular complexity index is 693. The lowest BCUT2D eigenvalue weighted by Crippen LogP contribution is -2.41. The first kappa shape index (κ1) is 18.5. The number of aromatic nitrogens is 1. The molecule has 0 atom stereocenters. The molecule has 0 aliphatic carbocycles. The number of rotatable bonds is 4. The molecule has 2 rings (SSSR count). The Morgan fingerprint density at radius 1 is 1.22 bits per heavy atom. The zero-order valence-corrected chi connectivity index (χ0v) is 15.6. The number of hydrogen-bond donors (Lipinski definition) is 1. The van der Waals surface area contributed by atoms with Crippen LogP contribution in [0.5, 0.6) is 0 Å². The van der Waals surface area contributed by atoms with Gasteiger partial charge in [0, 0.05) is 25.8 Å². The molecular weight excluding hydrogens is 340 g/mol. The van der Waals surface area contributed by atoms with Crippen LogP contribution in [0, 0.1) is 0 Å². The van der Waals surface area contributed by atoms with Gasteiger partial charge in [0.2, 0.25) is 0 Å².